The van der Waals surface area contributed by atoms with Crippen LogP contribution in [0.15, 0.2) is 11.0 Å². The number of hydrogen-bond acceptors (Lipinski definition) is 4. The lowest BCUT2D eigenvalue weighted by Crippen LogP contribution is -2.38. The molecule has 5 nitrogen and oxygen atoms in total. The summed E-state index contributed by atoms with van der Waals surface area (Å²) in [5, 5.41) is 3.10. The molecule has 4 rings (SSSR count). The largest absolute Gasteiger partial charge is 0.349 e. The monoisotopic (exact) mass is 373 g/mol. The van der Waals surface area contributed by atoms with Crippen LogP contribution in [0.25, 0.3) is 4.96 Å². The van der Waals surface area contributed by atoms with E-state index in [0.29, 0.717) is 0 Å². The highest BCUT2D eigenvalue weighted by Gasteiger charge is 2.22. The van der Waals surface area contributed by atoms with Crippen LogP contribution in [0.2, 0.25) is 0 Å². The summed E-state index contributed by atoms with van der Waals surface area (Å²) >= 11 is 1.61. The highest BCUT2D eigenvalue weighted by molar-refractivity contribution is 7.17. The van der Waals surface area contributed by atoms with Gasteiger partial charge in [-0.3, -0.25) is 14.0 Å². The van der Waals surface area contributed by atoms with Gasteiger partial charge in [0.25, 0.3) is 11.5 Å². The summed E-state index contributed by atoms with van der Waals surface area (Å²) in [4.78, 5) is 32.3. The lowest BCUT2D eigenvalue weighted by atomic mass is 9.96. The molecule has 0 aromatic carbocycles. The Balaban J connectivity index is 1.61. The fourth-order valence-corrected chi connectivity index (χ4v) is 5.43. The van der Waals surface area contributed by atoms with Gasteiger partial charge in [0.15, 0.2) is 4.96 Å². The molecule has 1 saturated carbocycles. The predicted molar refractivity (Wildman–Crippen MR) is 104 cm³/mol. The van der Waals surface area contributed by atoms with Crippen molar-refractivity contribution < 1.29 is 4.79 Å². The molecule has 140 valence electrons. The summed E-state index contributed by atoms with van der Waals surface area (Å²) in [6.07, 6.45) is 15.0. The van der Waals surface area contributed by atoms with Crippen molar-refractivity contribution in [3.05, 3.63) is 32.7 Å². The summed E-state index contributed by atoms with van der Waals surface area (Å²) in [6.45, 7) is 0. The van der Waals surface area contributed by atoms with Gasteiger partial charge in [-0.05, 0) is 38.5 Å². The van der Waals surface area contributed by atoms with Crippen LogP contribution in [0.5, 0.6) is 0 Å². The summed E-state index contributed by atoms with van der Waals surface area (Å²) in [5.41, 5.74) is 1.08. The fraction of sp³-hybridized carbons (Fsp3) is 0.650. The van der Waals surface area contributed by atoms with Crippen LogP contribution in [0, 0.1) is 0 Å². The third-order valence-corrected chi connectivity index (χ3v) is 6.89. The molecule has 0 atom stereocenters. The molecule has 2 aliphatic rings. The van der Waals surface area contributed by atoms with Gasteiger partial charge in [0.1, 0.15) is 5.56 Å². The van der Waals surface area contributed by atoms with Gasteiger partial charge >= 0.3 is 0 Å². The van der Waals surface area contributed by atoms with Gasteiger partial charge < -0.3 is 5.32 Å². The summed E-state index contributed by atoms with van der Waals surface area (Å²) < 4.78 is 1.71. The zero-order valence-electron chi connectivity index (χ0n) is 15.3. The highest BCUT2D eigenvalue weighted by atomic mass is 32.1. The predicted octanol–water partition coefficient (Wildman–Crippen LogP) is 3.87. The number of nitrogens with zero attached hydrogens (tertiary/aromatic N) is 2. The van der Waals surface area contributed by atoms with Crippen LogP contribution in [-0.4, -0.2) is 21.3 Å². The van der Waals surface area contributed by atoms with Crippen molar-refractivity contribution in [2.45, 2.75) is 83.1 Å². The first kappa shape index (κ1) is 17.7. The maximum atomic E-state index is 13.0. The molecule has 0 spiro atoms. The molecule has 0 aliphatic heterocycles. The van der Waals surface area contributed by atoms with E-state index in [1.54, 1.807) is 15.7 Å². The number of nitrogens with one attached hydrogen (secondary N) is 1. The van der Waals surface area contributed by atoms with Crippen molar-refractivity contribution in [2.24, 2.45) is 0 Å². The molecule has 0 unspecified atom stereocenters. The Labute approximate surface area is 157 Å². The molecule has 1 N–H and O–H groups in total. The number of aryl methyl sites for hydroxylation is 2. The second-order valence-corrected chi connectivity index (χ2v) is 8.71. The van der Waals surface area contributed by atoms with Crippen LogP contribution in [0.1, 0.15) is 85.1 Å². The molecule has 0 bridgehead atoms. The molecule has 1 fully saturated rings. The van der Waals surface area contributed by atoms with Crippen LogP contribution in [0.3, 0.4) is 0 Å². The van der Waals surface area contributed by atoms with E-state index >= 15 is 0 Å². The van der Waals surface area contributed by atoms with Gasteiger partial charge in [0.2, 0.25) is 0 Å². The SMILES string of the molecule is O=C(NC1CCCCCCC1)c1cnc2sc3c(n2c1=O)CCCCC3. The number of amides is 1. The number of rotatable bonds is 2. The first-order valence-electron chi connectivity index (χ1n) is 10.1. The molecule has 2 heterocycles. The minimum Gasteiger partial charge on any atom is -0.349 e. The first-order valence-corrected chi connectivity index (χ1v) is 10.9. The molecule has 6 heteroatoms. The molecule has 0 saturated heterocycles. The van der Waals surface area contributed by atoms with E-state index in [0.717, 1.165) is 55.6 Å². The fourth-order valence-electron chi connectivity index (χ4n) is 4.26. The molecular formula is C20H27N3O2S. The Bertz CT molecular complexity index is 847. The lowest BCUT2D eigenvalue weighted by molar-refractivity contribution is 0.0928. The van der Waals surface area contributed by atoms with Gasteiger partial charge in [-0.2, -0.15) is 0 Å². The van der Waals surface area contributed by atoms with E-state index in [4.69, 9.17) is 0 Å². The number of thiazole rings is 1. The Morgan fingerprint density at radius 1 is 1.04 bits per heavy atom. The third kappa shape index (κ3) is 3.56. The van der Waals surface area contributed by atoms with Crippen LogP contribution >= 0.6 is 11.3 Å². The number of fused-ring (bicyclic) bond motifs is 3. The van der Waals surface area contributed by atoms with E-state index in [9.17, 15) is 9.59 Å². The average molecular weight is 374 g/mol. The molecule has 1 amide bonds. The number of aromatic nitrogens is 2. The molecule has 2 aromatic rings. The standard InChI is InChI=1S/C20H27N3O2S/c24-18(22-14-9-5-2-1-3-6-10-14)15-13-21-20-23(19(15)25)16-11-7-4-8-12-17(16)26-20/h13-14H,1-12H2,(H,22,24). The van der Waals surface area contributed by atoms with Crippen molar-refractivity contribution in [3.8, 4) is 0 Å². The van der Waals surface area contributed by atoms with Gasteiger partial charge in [-0.15, -0.1) is 11.3 Å². The summed E-state index contributed by atoms with van der Waals surface area (Å²) in [5.74, 6) is -0.254. The summed E-state index contributed by atoms with van der Waals surface area (Å²) in [7, 11) is 0. The maximum absolute atomic E-state index is 13.0. The maximum Gasteiger partial charge on any atom is 0.271 e. The Kier molecular flexibility index (Phi) is 5.38. The third-order valence-electron chi connectivity index (χ3n) is 5.74. The van der Waals surface area contributed by atoms with E-state index in [2.05, 4.69) is 10.3 Å². The number of hydrogen-bond donors (Lipinski definition) is 1. The van der Waals surface area contributed by atoms with E-state index < -0.39 is 0 Å². The van der Waals surface area contributed by atoms with E-state index in [-0.39, 0.29) is 23.1 Å². The zero-order chi connectivity index (χ0) is 17.9. The normalized spacial score (nSPS) is 19.4. The van der Waals surface area contributed by atoms with Crippen LogP contribution < -0.4 is 10.9 Å². The molecular weight excluding hydrogens is 346 g/mol. The quantitative estimate of drug-likeness (QED) is 0.813. The van der Waals surface area contributed by atoms with Gasteiger partial charge in [0.05, 0.1) is 0 Å². The van der Waals surface area contributed by atoms with Crippen molar-refractivity contribution >= 4 is 22.2 Å². The zero-order valence-corrected chi connectivity index (χ0v) is 16.1. The van der Waals surface area contributed by atoms with Gasteiger partial charge in [-0.1, -0.05) is 38.5 Å². The topological polar surface area (TPSA) is 63.5 Å². The van der Waals surface area contributed by atoms with Crippen molar-refractivity contribution in [1.82, 2.24) is 14.7 Å². The van der Waals surface area contributed by atoms with Crippen molar-refractivity contribution in [1.29, 1.82) is 0 Å². The number of carbonyl (C=O) groups is 1. The van der Waals surface area contributed by atoms with E-state index in [1.807, 2.05) is 0 Å². The lowest BCUT2D eigenvalue weighted by Gasteiger charge is -2.20. The van der Waals surface area contributed by atoms with Crippen molar-refractivity contribution in [3.63, 3.8) is 0 Å². The average Bonchev–Trinajstić information content (AvgIpc) is 2.80. The second-order valence-electron chi connectivity index (χ2n) is 7.64. The smallest absolute Gasteiger partial charge is 0.271 e. The van der Waals surface area contributed by atoms with E-state index in [1.165, 1.54) is 43.2 Å². The first-order chi connectivity index (χ1) is 12.7. The minimum absolute atomic E-state index is 0.183. The minimum atomic E-state index is -0.254. The molecule has 2 aliphatic carbocycles. The molecule has 2 aromatic heterocycles. The Hall–Kier alpha value is -1.69. The molecule has 26 heavy (non-hydrogen) atoms. The summed E-state index contributed by atoms with van der Waals surface area (Å²) in [6, 6.07) is 0.183. The Morgan fingerprint density at radius 3 is 2.54 bits per heavy atom. The van der Waals surface area contributed by atoms with Gasteiger partial charge in [-0.25, -0.2) is 4.98 Å². The number of carbonyl (C=O) groups excluding carboxylic acids is 1. The van der Waals surface area contributed by atoms with Crippen molar-refractivity contribution in [2.75, 3.05) is 0 Å². The van der Waals surface area contributed by atoms with Crippen LogP contribution in [0.4, 0.5) is 0 Å². The second kappa shape index (κ2) is 7.91. The van der Waals surface area contributed by atoms with Gasteiger partial charge in [0, 0.05) is 22.8 Å². The Morgan fingerprint density at radius 2 is 1.73 bits per heavy atom. The highest BCUT2D eigenvalue weighted by Crippen LogP contribution is 2.27. The van der Waals surface area contributed by atoms with Crippen LogP contribution in [-0.2, 0) is 12.8 Å². The molecule has 0 radical (unpaired) electrons.